The van der Waals surface area contributed by atoms with Gasteiger partial charge in [0.25, 0.3) is 0 Å². The van der Waals surface area contributed by atoms with Crippen LogP contribution < -0.4 is 5.32 Å². The number of nitrogens with zero attached hydrogens (tertiary/aromatic N) is 1. The first-order chi connectivity index (χ1) is 8.71. The second-order valence-corrected chi connectivity index (χ2v) is 7.41. The molecule has 0 aromatic heterocycles. The van der Waals surface area contributed by atoms with Crippen molar-refractivity contribution in [3.05, 3.63) is 0 Å². The molecule has 1 unspecified atom stereocenters. The Morgan fingerprint density at radius 1 is 1.26 bits per heavy atom. The van der Waals surface area contributed by atoms with E-state index in [9.17, 15) is 18.0 Å². The molecule has 1 rings (SSSR count). The van der Waals surface area contributed by atoms with Crippen molar-refractivity contribution in [2.24, 2.45) is 5.92 Å². The highest BCUT2D eigenvalue weighted by molar-refractivity contribution is 7.91. The molecule has 8 heteroatoms. The van der Waals surface area contributed by atoms with Gasteiger partial charge < -0.3 is 15.3 Å². The molecule has 0 spiro atoms. The van der Waals surface area contributed by atoms with Crippen LogP contribution in [-0.2, 0) is 14.6 Å². The number of carboxylic acids is 1. The molecule has 0 bridgehead atoms. The Morgan fingerprint density at radius 2 is 1.79 bits per heavy atom. The van der Waals surface area contributed by atoms with Crippen LogP contribution in [0.15, 0.2) is 0 Å². The predicted octanol–water partition coefficient (Wildman–Crippen LogP) is -0.0743. The van der Waals surface area contributed by atoms with Crippen LogP contribution in [0.3, 0.4) is 0 Å². The highest BCUT2D eigenvalue weighted by atomic mass is 32.2. The average Bonchev–Trinajstić information content (AvgIpc) is 2.27. The molecule has 1 aliphatic heterocycles. The predicted molar refractivity (Wildman–Crippen MR) is 69.6 cm³/mol. The van der Waals surface area contributed by atoms with Gasteiger partial charge in [-0.2, -0.15) is 0 Å². The number of nitrogens with one attached hydrogen (secondary N) is 1. The Balaban J connectivity index is 2.56. The van der Waals surface area contributed by atoms with Gasteiger partial charge in [-0.1, -0.05) is 13.8 Å². The van der Waals surface area contributed by atoms with Crippen molar-refractivity contribution in [1.82, 2.24) is 10.2 Å². The fourth-order valence-corrected chi connectivity index (χ4v) is 3.05. The molecule has 1 saturated heterocycles. The van der Waals surface area contributed by atoms with Gasteiger partial charge in [0.05, 0.1) is 11.5 Å². The van der Waals surface area contributed by atoms with Crippen molar-refractivity contribution in [3.63, 3.8) is 0 Å². The third-order valence-corrected chi connectivity index (χ3v) is 4.54. The Morgan fingerprint density at radius 3 is 2.21 bits per heavy atom. The number of sulfone groups is 1. The van der Waals surface area contributed by atoms with Gasteiger partial charge in [0.1, 0.15) is 6.04 Å². The van der Waals surface area contributed by atoms with Crippen molar-refractivity contribution in [2.45, 2.75) is 26.3 Å². The van der Waals surface area contributed by atoms with Crippen molar-refractivity contribution < 1.29 is 23.1 Å². The minimum absolute atomic E-state index is 0.0671. The standard InChI is InChI=1S/C11H20N2O5S/c1-8(2)7-9(10(14)15)12-11(16)13-3-5-19(17,18)6-4-13/h8-9H,3-7H2,1-2H3,(H,12,16)(H,14,15). The molecule has 19 heavy (non-hydrogen) atoms. The van der Waals surface area contributed by atoms with Gasteiger partial charge >= 0.3 is 12.0 Å². The van der Waals surface area contributed by atoms with Crippen LogP contribution in [0.25, 0.3) is 0 Å². The van der Waals surface area contributed by atoms with Crippen LogP contribution >= 0.6 is 0 Å². The molecule has 0 aromatic rings. The zero-order valence-electron chi connectivity index (χ0n) is 11.1. The third-order valence-electron chi connectivity index (χ3n) is 2.93. The molecule has 1 atom stereocenters. The summed E-state index contributed by atoms with van der Waals surface area (Å²) in [5, 5.41) is 11.5. The van der Waals surface area contributed by atoms with Gasteiger partial charge in [0.2, 0.25) is 0 Å². The highest BCUT2D eigenvalue weighted by Gasteiger charge is 2.28. The number of amides is 2. The van der Waals surface area contributed by atoms with E-state index < -0.39 is 27.9 Å². The molecule has 0 aliphatic carbocycles. The number of carbonyl (C=O) groups is 2. The summed E-state index contributed by atoms with van der Waals surface area (Å²) in [5.74, 6) is -1.07. The lowest BCUT2D eigenvalue weighted by Crippen LogP contribution is -2.52. The smallest absolute Gasteiger partial charge is 0.326 e. The van der Waals surface area contributed by atoms with Crippen molar-refractivity contribution in [1.29, 1.82) is 0 Å². The van der Waals surface area contributed by atoms with Crippen LogP contribution in [0.4, 0.5) is 4.79 Å². The number of aliphatic carboxylic acids is 1. The summed E-state index contributed by atoms with van der Waals surface area (Å²) in [5.41, 5.74) is 0. The number of rotatable bonds is 4. The number of carbonyl (C=O) groups excluding carboxylic acids is 1. The largest absolute Gasteiger partial charge is 0.480 e. The molecule has 0 saturated carbocycles. The van der Waals surface area contributed by atoms with Gasteiger partial charge in [-0.25, -0.2) is 18.0 Å². The lowest BCUT2D eigenvalue weighted by atomic mass is 10.0. The van der Waals surface area contributed by atoms with E-state index in [1.165, 1.54) is 4.90 Å². The van der Waals surface area contributed by atoms with Gasteiger partial charge in [-0.3, -0.25) is 0 Å². The maximum absolute atomic E-state index is 11.9. The molecule has 0 radical (unpaired) electrons. The Kier molecular flexibility index (Phi) is 5.16. The summed E-state index contributed by atoms with van der Waals surface area (Å²) in [6, 6.07) is -1.45. The highest BCUT2D eigenvalue weighted by Crippen LogP contribution is 2.08. The SMILES string of the molecule is CC(C)CC(NC(=O)N1CCS(=O)(=O)CC1)C(=O)O. The fourth-order valence-electron chi connectivity index (χ4n) is 1.85. The second-order valence-electron chi connectivity index (χ2n) is 5.11. The van der Waals surface area contributed by atoms with E-state index >= 15 is 0 Å². The zero-order chi connectivity index (χ0) is 14.6. The van der Waals surface area contributed by atoms with Crippen molar-refractivity contribution in [3.8, 4) is 0 Å². The van der Waals surface area contributed by atoms with Crippen LogP contribution in [0.5, 0.6) is 0 Å². The summed E-state index contributed by atoms with van der Waals surface area (Å²) >= 11 is 0. The van der Waals surface area contributed by atoms with Crippen LogP contribution in [0.2, 0.25) is 0 Å². The lowest BCUT2D eigenvalue weighted by Gasteiger charge is -2.28. The minimum atomic E-state index is -3.05. The van der Waals surface area contributed by atoms with E-state index in [4.69, 9.17) is 5.11 Å². The Hall–Kier alpha value is -1.31. The quantitative estimate of drug-likeness (QED) is 0.754. The summed E-state index contributed by atoms with van der Waals surface area (Å²) in [6.45, 7) is 3.97. The molecule has 1 heterocycles. The van der Waals surface area contributed by atoms with Crippen LogP contribution in [0.1, 0.15) is 20.3 Å². The molecular formula is C11H20N2O5S. The molecule has 2 N–H and O–H groups in total. The molecule has 110 valence electrons. The first-order valence-corrected chi connectivity index (χ1v) is 8.02. The normalized spacial score (nSPS) is 20.1. The average molecular weight is 292 g/mol. The van der Waals surface area contributed by atoms with Crippen LogP contribution in [-0.4, -0.2) is 61.1 Å². The first-order valence-electron chi connectivity index (χ1n) is 6.20. The number of hydrogen-bond acceptors (Lipinski definition) is 4. The van der Waals surface area contributed by atoms with E-state index in [0.29, 0.717) is 6.42 Å². The molecule has 2 amide bonds. The molecular weight excluding hydrogens is 272 g/mol. The van der Waals surface area contributed by atoms with E-state index in [0.717, 1.165) is 0 Å². The van der Waals surface area contributed by atoms with E-state index in [2.05, 4.69) is 5.32 Å². The van der Waals surface area contributed by atoms with Gasteiger partial charge in [0.15, 0.2) is 9.84 Å². The zero-order valence-corrected chi connectivity index (χ0v) is 11.9. The minimum Gasteiger partial charge on any atom is -0.480 e. The Bertz CT molecular complexity index is 432. The summed E-state index contributed by atoms with van der Waals surface area (Å²) in [4.78, 5) is 24.2. The Labute approximate surface area is 112 Å². The number of carboxylic acid groups (broad SMARTS) is 1. The topological polar surface area (TPSA) is 104 Å². The van der Waals surface area contributed by atoms with E-state index in [1.807, 2.05) is 13.8 Å². The summed E-state index contributed by atoms with van der Waals surface area (Å²) in [6.07, 6.45) is 0.340. The van der Waals surface area contributed by atoms with Gasteiger partial charge in [0, 0.05) is 13.1 Å². The fraction of sp³-hybridized carbons (Fsp3) is 0.818. The summed E-state index contributed by atoms with van der Waals surface area (Å²) < 4.78 is 22.5. The number of urea groups is 1. The second kappa shape index (κ2) is 6.23. The molecule has 0 aromatic carbocycles. The monoisotopic (exact) mass is 292 g/mol. The van der Waals surface area contributed by atoms with Gasteiger partial charge in [-0.05, 0) is 12.3 Å². The maximum Gasteiger partial charge on any atom is 0.326 e. The van der Waals surface area contributed by atoms with E-state index in [1.54, 1.807) is 0 Å². The molecule has 7 nitrogen and oxygen atoms in total. The van der Waals surface area contributed by atoms with Gasteiger partial charge in [-0.15, -0.1) is 0 Å². The number of hydrogen-bond donors (Lipinski definition) is 2. The molecule has 1 aliphatic rings. The summed E-state index contributed by atoms with van der Waals surface area (Å²) in [7, 11) is -3.05. The van der Waals surface area contributed by atoms with Crippen molar-refractivity contribution >= 4 is 21.8 Å². The lowest BCUT2D eigenvalue weighted by molar-refractivity contribution is -0.139. The van der Waals surface area contributed by atoms with E-state index in [-0.39, 0.29) is 30.5 Å². The first kappa shape index (κ1) is 15.7. The van der Waals surface area contributed by atoms with Crippen LogP contribution in [0, 0.1) is 5.92 Å². The maximum atomic E-state index is 11.9. The molecule has 1 fully saturated rings. The van der Waals surface area contributed by atoms with Crippen molar-refractivity contribution in [2.75, 3.05) is 24.6 Å². The third kappa shape index (κ3) is 5.06.